The van der Waals surface area contributed by atoms with E-state index in [0.29, 0.717) is 12.3 Å². The molecule has 1 atom stereocenters. The molecule has 1 aliphatic rings. The molecule has 0 bridgehead atoms. The summed E-state index contributed by atoms with van der Waals surface area (Å²) in [4.78, 5) is 12.2. The van der Waals surface area contributed by atoms with Crippen LogP contribution in [0.25, 0.3) is 5.69 Å². The molecule has 0 saturated heterocycles. The average molecular weight is 295 g/mol. The molecule has 114 valence electrons. The molecule has 0 fully saturated rings. The van der Waals surface area contributed by atoms with E-state index >= 15 is 0 Å². The average Bonchev–Trinajstić information content (AvgIpc) is 3.10. The lowest BCUT2D eigenvalue weighted by atomic mass is 10.1. The van der Waals surface area contributed by atoms with Crippen LogP contribution >= 0.6 is 0 Å². The van der Waals surface area contributed by atoms with Gasteiger partial charge in [-0.25, -0.2) is 4.68 Å². The first-order valence-corrected chi connectivity index (χ1v) is 7.72. The number of benzene rings is 1. The third-order valence-electron chi connectivity index (χ3n) is 3.94. The maximum Gasteiger partial charge on any atom is 0.226 e. The Morgan fingerprint density at radius 1 is 1.32 bits per heavy atom. The Hall–Kier alpha value is -2.36. The van der Waals surface area contributed by atoms with Crippen LogP contribution in [0, 0.1) is 19.8 Å². The molecule has 1 aromatic heterocycles. The van der Waals surface area contributed by atoms with E-state index < -0.39 is 0 Å². The number of hydrogen-bond acceptors (Lipinski definition) is 2. The predicted octanol–water partition coefficient (Wildman–Crippen LogP) is 3.78. The third kappa shape index (κ3) is 3.27. The van der Waals surface area contributed by atoms with E-state index in [9.17, 15) is 4.79 Å². The van der Waals surface area contributed by atoms with Crippen molar-refractivity contribution in [2.45, 2.75) is 33.1 Å². The largest absolute Gasteiger partial charge is 0.311 e. The number of nitrogens with zero attached hydrogens (tertiary/aromatic N) is 2. The van der Waals surface area contributed by atoms with E-state index in [1.165, 1.54) is 5.56 Å². The summed E-state index contributed by atoms with van der Waals surface area (Å²) in [6, 6.07) is 10.0. The number of allylic oxidation sites excluding steroid dienone is 2. The summed E-state index contributed by atoms with van der Waals surface area (Å²) in [7, 11) is 0. The number of rotatable bonds is 4. The minimum absolute atomic E-state index is 0.0461. The molecule has 0 aliphatic heterocycles. The summed E-state index contributed by atoms with van der Waals surface area (Å²) in [6.07, 6.45) is 6.98. The second-order valence-corrected chi connectivity index (χ2v) is 5.94. The van der Waals surface area contributed by atoms with Crippen molar-refractivity contribution < 1.29 is 4.79 Å². The third-order valence-corrected chi connectivity index (χ3v) is 3.94. The summed E-state index contributed by atoms with van der Waals surface area (Å²) >= 11 is 0. The van der Waals surface area contributed by atoms with Crippen molar-refractivity contribution in [1.29, 1.82) is 0 Å². The highest BCUT2D eigenvalue weighted by molar-refractivity contribution is 5.90. The van der Waals surface area contributed by atoms with Crippen LogP contribution in [0.3, 0.4) is 0 Å². The SMILES string of the molecule is Cc1ccc(-n2nc(C)cc2NC(=O)CC2C=CCC2)cc1. The summed E-state index contributed by atoms with van der Waals surface area (Å²) in [6.45, 7) is 3.98. The topological polar surface area (TPSA) is 46.9 Å². The van der Waals surface area contributed by atoms with Crippen molar-refractivity contribution in [1.82, 2.24) is 9.78 Å². The second-order valence-electron chi connectivity index (χ2n) is 5.94. The van der Waals surface area contributed by atoms with Crippen molar-refractivity contribution in [2.75, 3.05) is 5.32 Å². The zero-order valence-electron chi connectivity index (χ0n) is 13.0. The standard InChI is InChI=1S/C18H21N3O/c1-13-7-9-16(10-8-13)21-17(11-14(2)20-21)19-18(22)12-15-5-3-4-6-15/h3,5,7-11,15H,4,6,12H2,1-2H3,(H,19,22). The molecule has 2 aromatic rings. The molecule has 22 heavy (non-hydrogen) atoms. The van der Waals surface area contributed by atoms with Crippen molar-refractivity contribution in [2.24, 2.45) is 5.92 Å². The van der Waals surface area contributed by atoms with Gasteiger partial charge >= 0.3 is 0 Å². The van der Waals surface area contributed by atoms with E-state index in [1.807, 2.05) is 37.3 Å². The molecule has 4 nitrogen and oxygen atoms in total. The summed E-state index contributed by atoms with van der Waals surface area (Å²) in [5.41, 5.74) is 3.04. The Kier molecular flexibility index (Phi) is 4.09. The van der Waals surface area contributed by atoms with Crippen LogP contribution in [0.4, 0.5) is 5.82 Å². The monoisotopic (exact) mass is 295 g/mol. The Labute approximate surface area is 130 Å². The quantitative estimate of drug-likeness (QED) is 0.872. The van der Waals surface area contributed by atoms with Crippen LogP contribution in [0.15, 0.2) is 42.5 Å². The van der Waals surface area contributed by atoms with E-state index in [4.69, 9.17) is 0 Å². The minimum atomic E-state index is 0.0461. The number of carbonyl (C=O) groups is 1. The molecule has 1 heterocycles. The summed E-state index contributed by atoms with van der Waals surface area (Å²) in [5, 5.41) is 7.48. The Morgan fingerprint density at radius 2 is 2.09 bits per heavy atom. The molecule has 1 N–H and O–H groups in total. The van der Waals surface area contributed by atoms with Gasteiger partial charge < -0.3 is 5.32 Å². The molecule has 3 rings (SSSR count). The zero-order valence-corrected chi connectivity index (χ0v) is 13.0. The lowest BCUT2D eigenvalue weighted by Gasteiger charge is -2.11. The van der Waals surface area contributed by atoms with Gasteiger partial charge in [-0.2, -0.15) is 5.10 Å². The molecule has 1 aromatic carbocycles. The van der Waals surface area contributed by atoms with Gasteiger partial charge in [0.2, 0.25) is 5.91 Å². The van der Waals surface area contributed by atoms with E-state index in [-0.39, 0.29) is 5.91 Å². The number of anilines is 1. The molecule has 4 heteroatoms. The number of aromatic nitrogens is 2. The lowest BCUT2D eigenvalue weighted by Crippen LogP contribution is -2.17. The number of aryl methyl sites for hydroxylation is 2. The Balaban J connectivity index is 1.77. The maximum absolute atomic E-state index is 12.2. The highest BCUT2D eigenvalue weighted by atomic mass is 16.1. The molecular weight excluding hydrogens is 274 g/mol. The molecule has 0 radical (unpaired) electrons. The van der Waals surface area contributed by atoms with Crippen LogP contribution in [0.1, 0.15) is 30.5 Å². The van der Waals surface area contributed by atoms with Crippen LogP contribution in [-0.2, 0) is 4.79 Å². The van der Waals surface area contributed by atoms with Gasteiger partial charge in [0.25, 0.3) is 0 Å². The first-order chi connectivity index (χ1) is 10.6. The molecular formula is C18H21N3O. The fourth-order valence-electron chi connectivity index (χ4n) is 2.77. The number of amides is 1. The Bertz CT molecular complexity index is 698. The van der Waals surface area contributed by atoms with Gasteiger partial charge in [-0.05, 0) is 44.7 Å². The first-order valence-electron chi connectivity index (χ1n) is 7.72. The van der Waals surface area contributed by atoms with E-state index in [2.05, 4.69) is 29.5 Å². The Morgan fingerprint density at radius 3 is 2.77 bits per heavy atom. The van der Waals surface area contributed by atoms with Crippen molar-refractivity contribution in [3.63, 3.8) is 0 Å². The van der Waals surface area contributed by atoms with Crippen LogP contribution in [0.5, 0.6) is 0 Å². The normalized spacial score (nSPS) is 16.9. The lowest BCUT2D eigenvalue weighted by molar-refractivity contribution is -0.116. The van der Waals surface area contributed by atoms with Gasteiger partial charge in [0, 0.05) is 12.5 Å². The van der Waals surface area contributed by atoms with E-state index in [0.717, 1.165) is 30.0 Å². The van der Waals surface area contributed by atoms with Gasteiger partial charge in [-0.15, -0.1) is 0 Å². The zero-order chi connectivity index (χ0) is 15.5. The smallest absolute Gasteiger partial charge is 0.226 e. The fourth-order valence-corrected chi connectivity index (χ4v) is 2.77. The number of nitrogens with one attached hydrogen (secondary N) is 1. The molecule has 1 unspecified atom stereocenters. The van der Waals surface area contributed by atoms with Crippen LogP contribution in [0.2, 0.25) is 0 Å². The highest BCUT2D eigenvalue weighted by Gasteiger charge is 2.16. The van der Waals surface area contributed by atoms with Crippen LogP contribution in [-0.4, -0.2) is 15.7 Å². The predicted molar refractivity (Wildman–Crippen MR) is 88.1 cm³/mol. The van der Waals surface area contributed by atoms with Crippen LogP contribution < -0.4 is 5.32 Å². The summed E-state index contributed by atoms with van der Waals surface area (Å²) < 4.78 is 1.79. The van der Waals surface area contributed by atoms with Gasteiger partial charge in [-0.1, -0.05) is 29.8 Å². The summed E-state index contributed by atoms with van der Waals surface area (Å²) in [5.74, 6) is 1.15. The molecule has 1 amide bonds. The van der Waals surface area contributed by atoms with E-state index in [1.54, 1.807) is 4.68 Å². The fraction of sp³-hybridized carbons (Fsp3) is 0.333. The maximum atomic E-state index is 12.2. The minimum Gasteiger partial charge on any atom is -0.311 e. The first kappa shape index (κ1) is 14.6. The van der Waals surface area contributed by atoms with Crippen molar-refractivity contribution >= 4 is 11.7 Å². The van der Waals surface area contributed by atoms with Gasteiger partial charge in [0.05, 0.1) is 11.4 Å². The van der Waals surface area contributed by atoms with Gasteiger partial charge in [0.15, 0.2) is 0 Å². The molecule has 0 saturated carbocycles. The van der Waals surface area contributed by atoms with Crippen molar-refractivity contribution in [3.8, 4) is 5.69 Å². The molecule has 1 aliphatic carbocycles. The highest BCUT2D eigenvalue weighted by Crippen LogP contribution is 2.22. The van der Waals surface area contributed by atoms with Crippen molar-refractivity contribution in [3.05, 3.63) is 53.7 Å². The van der Waals surface area contributed by atoms with Gasteiger partial charge in [0.1, 0.15) is 5.82 Å². The molecule has 0 spiro atoms. The van der Waals surface area contributed by atoms with Gasteiger partial charge in [-0.3, -0.25) is 4.79 Å². The number of hydrogen-bond donors (Lipinski definition) is 1. The number of carbonyl (C=O) groups excluding carboxylic acids is 1. The second kappa shape index (κ2) is 6.18.